The number of aromatic nitrogens is 1. The van der Waals surface area contributed by atoms with E-state index in [0.29, 0.717) is 5.56 Å². The average Bonchev–Trinajstić information content (AvgIpc) is 2.65. The third kappa shape index (κ3) is 3.58. The van der Waals surface area contributed by atoms with Gasteiger partial charge in [-0.25, -0.2) is 0 Å². The first-order valence-corrected chi connectivity index (χ1v) is 5.06. The molecular formula is C11H16N2O2. The molecule has 0 saturated heterocycles. The Hall–Kier alpha value is -1.58. The van der Waals surface area contributed by atoms with Gasteiger partial charge in [-0.05, 0) is 19.4 Å². The summed E-state index contributed by atoms with van der Waals surface area (Å²) in [4.78, 5) is 21.9. The predicted molar refractivity (Wildman–Crippen MR) is 57.7 cm³/mol. The fourth-order valence-electron chi connectivity index (χ4n) is 1.22. The number of rotatable bonds is 5. The molecule has 0 aliphatic heterocycles. The largest absolute Gasteiger partial charge is 0.352 e. The minimum atomic E-state index is -0.0302. The Morgan fingerprint density at radius 1 is 1.67 bits per heavy atom. The molecule has 1 aromatic rings. The number of carbonyl (C=O) groups is 2. The Morgan fingerprint density at radius 2 is 2.40 bits per heavy atom. The summed E-state index contributed by atoms with van der Waals surface area (Å²) in [5, 5.41) is 2.86. The maximum atomic E-state index is 11.5. The van der Waals surface area contributed by atoms with Crippen molar-refractivity contribution in [2.24, 2.45) is 0 Å². The van der Waals surface area contributed by atoms with Crippen LogP contribution in [0.25, 0.3) is 0 Å². The van der Waals surface area contributed by atoms with E-state index in [1.165, 1.54) is 0 Å². The zero-order valence-electron chi connectivity index (χ0n) is 9.06. The molecule has 0 fully saturated rings. The lowest BCUT2D eigenvalue weighted by Crippen LogP contribution is -2.34. The number of hydrogen-bond acceptors (Lipinski definition) is 2. The van der Waals surface area contributed by atoms with Crippen molar-refractivity contribution in [1.29, 1.82) is 0 Å². The number of aldehydes is 1. The zero-order chi connectivity index (χ0) is 11.3. The topological polar surface area (TPSA) is 51.1 Å². The van der Waals surface area contributed by atoms with E-state index in [2.05, 4.69) is 5.32 Å². The summed E-state index contributed by atoms with van der Waals surface area (Å²) >= 11 is 0. The molecule has 1 rings (SSSR count). The zero-order valence-corrected chi connectivity index (χ0v) is 9.06. The van der Waals surface area contributed by atoms with Crippen LogP contribution in [0.5, 0.6) is 0 Å². The van der Waals surface area contributed by atoms with Crippen molar-refractivity contribution in [3.63, 3.8) is 0 Å². The van der Waals surface area contributed by atoms with Gasteiger partial charge in [-0.2, -0.15) is 0 Å². The van der Waals surface area contributed by atoms with E-state index in [4.69, 9.17) is 0 Å². The van der Waals surface area contributed by atoms with Crippen molar-refractivity contribution in [2.75, 3.05) is 0 Å². The molecule has 1 N–H and O–H groups in total. The Balaban J connectivity index is 2.47. The van der Waals surface area contributed by atoms with Crippen LogP contribution in [0.1, 0.15) is 30.6 Å². The molecule has 0 bridgehead atoms. The van der Waals surface area contributed by atoms with Gasteiger partial charge in [-0.1, -0.05) is 6.92 Å². The van der Waals surface area contributed by atoms with Gasteiger partial charge in [0.2, 0.25) is 5.91 Å². The van der Waals surface area contributed by atoms with Crippen LogP contribution in [0.4, 0.5) is 0 Å². The Kier molecular flexibility index (Phi) is 4.09. The van der Waals surface area contributed by atoms with Gasteiger partial charge in [0.15, 0.2) is 6.29 Å². The van der Waals surface area contributed by atoms with E-state index in [1.807, 2.05) is 13.8 Å². The van der Waals surface area contributed by atoms with Crippen LogP contribution in [-0.4, -0.2) is 22.8 Å². The van der Waals surface area contributed by atoms with Crippen molar-refractivity contribution in [2.45, 2.75) is 32.9 Å². The molecule has 4 heteroatoms. The van der Waals surface area contributed by atoms with Gasteiger partial charge in [0.05, 0.1) is 0 Å². The van der Waals surface area contributed by atoms with E-state index in [-0.39, 0.29) is 18.5 Å². The number of nitrogens with zero attached hydrogens (tertiary/aromatic N) is 1. The van der Waals surface area contributed by atoms with Crippen LogP contribution in [-0.2, 0) is 11.3 Å². The molecular weight excluding hydrogens is 192 g/mol. The van der Waals surface area contributed by atoms with Gasteiger partial charge in [-0.15, -0.1) is 0 Å². The van der Waals surface area contributed by atoms with Crippen molar-refractivity contribution >= 4 is 12.2 Å². The molecule has 1 unspecified atom stereocenters. The second kappa shape index (κ2) is 5.34. The van der Waals surface area contributed by atoms with Crippen molar-refractivity contribution in [3.8, 4) is 0 Å². The molecule has 0 aliphatic rings. The quantitative estimate of drug-likeness (QED) is 0.739. The fraction of sp³-hybridized carbons (Fsp3) is 0.455. The lowest BCUT2D eigenvalue weighted by Gasteiger charge is -2.11. The van der Waals surface area contributed by atoms with E-state index in [0.717, 1.165) is 12.7 Å². The predicted octanol–water partition coefficient (Wildman–Crippen LogP) is 1.22. The summed E-state index contributed by atoms with van der Waals surface area (Å²) in [5.74, 6) is -0.0302. The second-order valence-electron chi connectivity index (χ2n) is 3.61. The Bertz CT molecular complexity index is 344. The maximum Gasteiger partial charge on any atom is 0.240 e. The highest BCUT2D eigenvalue weighted by molar-refractivity contribution is 5.77. The van der Waals surface area contributed by atoms with Crippen LogP contribution in [0.2, 0.25) is 0 Å². The van der Waals surface area contributed by atoms with E-state index >= 15 is 0 Å². The first-order valence-electron chi connectivity index (χ1n) is 5.06. The van der Waals surface area contributed by atoms with Crippen LogP contribution in [0.15, 0.2) is 18.5 Å². The smallest absolute Gasteiger partial charge is 0.240 e. The summed E-state index contributed by atoms with van der Waals surface area (Å²) in [6.45, 7) is 4.24. The first kappa shape index (κ1) is 11.5. The maximum absolute atomic E-state index is 11.5. The fourth-order valence-corrected chi connectivity index (χ4v) is 1.22. The standard InChI is InChI=1S/C11H16N2O2/c1-3-9(2)12-11(15)7-13-5-4-10(6-13)8-14/h4-6,8-9H,3,7H2,1-2H3,(H,12,15). The van der Waals surface area contributed by atoms with Crippen molar-refractivity contribution in [3.05, 3.63) is 24.0 Å². The van der Waals surface area contributed by atoms with Crippen LogP contribution < -0.4 is 5.32 Å². The summed E-state index contributed by atoms with van der Waals surface area (Å²) in [5.41, 5.74) is 0.589. The molecule has 1 aromatic heterocycles. The molecule has 1 atom stereocenters. The van der Waals surface area contributed by atoms with Crippen LogP contribution in [0.3, 0.4) is 0 Å². The van der Waals surface area contributed by atoms with Gasteiger partial charge < -0.3 is 9.88 Å². The van der Waals surface area contributed by atoms with Gasteiger partial charge in [-0.3, -0.25) is 9.59 Å². The van der Waals surface area contributed by atoms with Gasteiger partial charge in [0.1, 0.15) is 6.54 Å². The molecule has 1 heterocycles. The summed E-state index contributed by atoms with van der Waals surface area (Å²) in [7, 11) is 0. The average molecular weight is 208 g/mol. The molecule has 4 nitrogen and oxygen atoms in total. The molecule has 0 aromatic carbocycles. The Labute approximate surface area is 89.3 Å². The summed E-state index contributed by atoms with van der Waals surface area (Å²) < 4.78 is 1.70. The molecule has 1 amide bonds. The van der Waals surface area contributed by atoms with Crippen LogP contribution >= 0.6 is 0 Å². The summed E-state index contributed by atoms with van der Waals surface area (Å²) in [6.07, 6.45) is 5.06. The molecule has 0 aliphatic carbocycles. The van der Waals surface area contributed by atoms with Gasteiger partial charge in [0.25, 0.3) is 0 Å². The minimum Gasteiger partial charge on any atom is -0.352 e. The molecule has 0 spiro atoms. The number of nitrogens with one attached hydrogen (secondary N) is 1. The highest BCUT2D eigenvalue weighted by atomic mass is 16.2. The Morgan fingerprint density at radius 3 is 2.93 bits per heavy atom. The monoisotopic (exact) mass is 208 g/mol. The van der Waals surface area contributed by atoms with Gasteiger partial charge in [0, 0.05) is 24.0 Å². The number of hydrogen-bond donors (Lipinski definition) is 1. The lowest BCUT2D eigenvalue weighted by molar-refractivity contribution is -0.122. The van der Waals surface area contributed by atoms with Crippen molar-refractivity contribution in [1.82, 2.24) is 9.88 Å². The molecule has 0 radical (unpaired) electrons. The molecule has 82 valence electrons. The third-order valence-electron chi connectivity index (χ3n) is 2.26. The third-order valence-corrected chi connectivity index (χ3v) is 2.26. The first-order chi connectivity index (χ1) is 7.15. The highest BCUT2D eigenvalue weighted by Gasteiger charge is 2.06. The second-order valence-corrected chi connectivity index (χ2v) is 3.61. The number of amides is 1. The number of carbonyl (C=O) groups excluding carboxylic acids is 2. The summed E-state index contributed by atoms with van der Waals surface area (Å²) in [6, 6.07) is 1.88. The normalized spacial score (nSPS) is 12.1. The van der Waals surface area contributed by atoms with Gasteiger partial charge >= 0.3 is 0 Å². The minimum absolute atomic E-state index is 0.0302. The molecule has 0 saturated carbocycles. The van der Waals surface area contributed by atoms with E-state index < -0.39 is 0 Å². The highest BCUT2D eigenvalue weighted by Crippen LogP contribution is 1.98. The van der Waals surface area contributed by atoms with E-state index in [1.54, 1.807) is 23.0 Å². The van der Waals surface area contributed by atoms with Crippen LogP contribution in [0, 0.1) is 0 Å². The van der Waals surface area contributed by atoms with Crippen molar-refractivity contribution < 1.29 is 9.59 Å². The van der Waals surface area contributed by atoms with E-state index in [9.17, 15) is 9.59 Å². The molecule has 15 heavy (non-hydrogen) atoms. The lowest BCUT2D eigenvalue weighted by atomic mass is 10.2. The SMILES string of the molecule is CCC(C)NC(=O)Cn1ccc(C=O)c1.